The minimum atomic E-state index is -0.591. The van der Waals surface area contributed by atoms with Gasteiger partial charge in [-0.1, -0.05) is 12.1 Å². The predicted molar refractivity (Wildman–Crippen MR) is 69.1 cm³/mol. The van der Waals surface area contributed by atoms with E-state index in [2.05, 4.69) is 15.2 Å². The lowest BCUT2D eigenvalue weighted by Crippen LogP contribution is -2.08. The molecular formula is C12H7N5O3. The average molecular weight is 269 g/mol. The van der Waals surface area contributed by atoms with Gasteiger partial charge >= 0.3 is 0 Å². The third-order valence-electron chi connectivity index (χ3n) is 2.39. The molecule has 8 heteroatoms. The Balaban J connectivity index is 2.46. The highest BCUT2D eigenvalue weighted by Gasteiger charge is 2.12. The van der Waals surface area contributed by atoms with Gasteiger partial charge in [-0.2, -0.15) is 5.26 Å². The summed E-state index contributed by atoms with van der Waals surface area (Å²) in [4.78, 5) is 23.9. The molecule has 2 aromatic rings. The largest absolute Gasteiger partial charge is 0.328 e. The molecule has 1 aromatic carbocycles. The van der Waals surface area contributed by atoms with E-state index >= 15 is 0 Å². The molecule has 8 nitrogen and oxygen atoms in total. The number of nitriles is 1. The zero-order chi connectivity index (χ0) is 14.5. The molecule has 2 rings (SSSR count). The number of nitrogens with zero attached hydrogens (tertiary/aromatic N) is 4. The zero-order valence-corrected chi connectivity index (χ0v) is 9.98. The second-order valence-corrected chi connectivity index (χ2v) is 3.62. The van der Waals surface area contributed by atoms with Crippen LogP contribution in [0.2, 0.25) is 0 Å². The molecule has 1 heterocycles. The number of rotatable bonds is 3. The highest BCUT2D eigenvalue weighted by molar-refractivity contribution is 5.57. The Kier molecular flexibility index (Phi) is 3.63. The molecule has 0 aliphatic carbocycles. The number of nitro groups is 1. The molecule has 98 valence electrons. The maximum Gasteiger partial charge on any atom is 0.296 e. The van der Waals surface area contributed by atoms with Gasteiger partial charge in [0.25, 0.3) is 11.2 Å². The van der Waals surface area contributed by atoms with Gasteiger partial charge < -0.3 is 4.98 Å². The number of azo groups is 1. The second kappa shape index (κ2) is 5.53. The molecule has 1 N–H and O–H groups in total. The number of benzene rings is 1. The van der Waals surface area contributed by atoms with E-state index in [4.69, 9.17) is 5.26 Å². The van der Waals surface area contributed by atoms with Crippen LogP contribution in [0.5, 0.6) is 0 Å². The van der Waals surface area contributed by atoms with Crippen molar-refractivity contribution in [3.8, 4) is 6.07 Å². The van der Waals surface area contributed by atoms with E-state index in [0.29, 0.717) is 0 Å². The number of para-hydroxylation sites is 1. The van der Waals surface area contributed by atoms with Crippen molar-refractivity contribution in [2.24, 2.45) is 10.2 Å². The summed E-state index contributed by atoms with van der Waals surface area (Å²) in [6.45, 7) is 0. The molecule has 0 amide bonds. The topological polar surface area (TPSA) is 125 Å². The number of hydrogen-bond donors (Lipinski definition) is 1. The van der Waals surface area contributed by atoms with Crippen LogP contribution in [0.25, 0.3) is 0 Å². The summed E-state index contributed by atoms with van der Waals surface area (Å²) in [6, 6.07) is 8.88. The first-order valence-electron chi connectivity index (χ1n) is 5.40. The fraction of sp³-hybridized carbons (Fsp3) is 0. The van der Waals surface area contributed by atoms with Gasteiger partial charge in [-0.05, 0) is 12.1 Å². The summed E-state index contributed by atoms with van der Waals surface area (Å²) >= 11 is 0. The minimum Gasteiger partial charge on any atom is -0.328 e. The summed E-state index contributed by atoms with van der Waals surface area (Å²) in [5, 5.41) is 27.1. The molecule has 0 atom stereocenters. The van der Waals surface area contributed by atoms with E-state index < -0.39 is 10.5 Å². The molecular weight excluding hydrogens is 262 g/mol. The monoisotopic (exact) mass is 269 g/mol. The maximum absolute atomic E-state index is 11.4. The minimum absolute atomic E-state index is 0.0432. The van der Waals surface area contributed by atoms with Gasteiger partial charge in [-0.15, -0.1) is 10.2 Å². The van der Waals surface area contributed by atoms with Crippen molar-refractivity contribution in [1.82, 2.24) is 4.98 Å². The Labute approximate surface area is 112 Å². The first kappa shape index (κ1) is 13.1. The molecule has 20 heavy (non-hydrogen) atoms. The van der Waals surface area contributed by atoms with Crippen molar-refractivity contribution in [2.45, 2.75) is 0 Å². The molecule has 0 radical (unpaired) electrons. The van der Waals surface area contributed by atoms with Crippen molar-refractivity contribution in [1.29, 1.82) is 5.26 Å². The Bertz CT molecular complexity index is 788. The third-order valence-corrected chi connectivity index (χ3v) is 2.39. The van der Waals surface area contributed by atoms with Crippen LogP contribution in [0.3, 0.4) is 0 Å². The molecule has 0 spiro atoms. The molecule has 0 aliphatic rings. The quantitative estimate of drug-likeness (QED) is 0.522. The van der Waals surface area contributed by atoms with Gasteiger partial charge in [0.2, 0.25) is 0 Å². The van der Waals surface area contributed by atoms with Crippen LogP contribution < -0.4 is 5.56 Å². The Hall–Kier alpha value is -3.34. The van der Waals surface area contributed by atoms with E-state index in [9.17, 15) is 14.9 Å². The van der Waals surface area contributed by atoms with E-state index in [-0.39, 0.29) is 22.6 Å². The second-order valence-electron chi connectivity index (χ2n) is 3.62. The van der Waals surface area contributed by atoms with E-state index in [1.165, 1.54) is 30.5 Å². The number of aromatic amines is 1. The molecule has 0 saturated carbocycles. The lowest BCUT2D eigenvalue weighted by Gasteiger charge is -1.96. The van der Waals surface area contributed by atoms with Crippen molar-refractivity contribution < 1.29 is 4.92 Å². The number of nitro benzene ring substituents is 1. The first-order chi connectivity index (χ1) is 9.63. The fourth-order valence-corrected chi connectivity index (χ4v) is 1.47. The standard InChI is InChI=1S/C12H7N5O3/c13-7-8-9(5-6-14-12(8)18)15-16-10-3-1-2-4-11(10)17(19)20/h1-6H,(H,14,18). The van der Waals surface area contributed by atoms with Crippen LogP contribution in [-0.2, 0) is 0 Å². The molecule has 1 aromatic heterocycles. The Morgan fingerprint density at radius 2 is 1.90 bits per heavy atom. The van der Waals surface area contributed by atoms with Crippen molar-refractivity contribution in [3.63, 3.8) is 0 Å². The smallest absolute Gasteiger partial charge is 0.296 e. The van der Waals surface area contributed by atoms with E-state index in [1.54, 1.807) is 12.1 Å². The number of H-pyrrole nitrogens is 1. The summed E-state index contributed by atoms with van der Waals surface area (Å²) < 4.78 is 0. The van der Waals surface area contributed by atoms with Crippen molar-refractivity contribution >= 4 is 17.1 Å². The lowest BCUT2D eigenvalue weighted by atomic mass is 10.2. The maximum atomic E-state index is 11.4. The summed E-state index contributed by atoms with van der Waals surface area (Å²) in [5.41, 5.74) is -0.906. The van der Waals surface area contributed by atoms with E-state index in [0.717, 1.165) is 0 Å². The van der Waals surface area contributed by atoms with Gasteiger partial charge in [0.15, 0.2) is 5.69 Å². The zero-order valence-electron chi connectivity index (χ0n) is 9.98. The number of pyridine rings is 1. The molecule has 0 unspecified atom stereocenters. The molecule has 0 saturated heterocycles. The van der Waals surface area contributed by atoms with Gasteiger partial charge in [0, 0.05) is 12.3 Å². The van der Waals surface area contributed by atoms with Crippen LogP contribution in [0.15, 0.2) is 51.6 Å². The van der Waals surface area contributed by atoms with Gasteiger partial charge in [0.1, 0.15) is 17.3 Å². The average Bonchev–Trinajstić information content (AvgIpc) is 2.45. The predicted octanol–water partition coefficient (Wildman–Crippen LogP) is 2.57. The number of aromatic nitrogens is 1. The summed E-state index contributed by atoms with van der Waals surface area (Å²) in [7, 11) is 0. The van der Waals surface area contributed by atoms with Crippen molar-refractivity contribution in [2.75, 3.05) is 0 Å². The van der Waals surface area contributed by atoms with Gasteiger partial charge in [-0.3, -0.25) is 14.9 Å². The SMILES string of the molecule is N#Cc1c(N=Nc2ccccc2[N+](=O)[O-])cc[nH]c1=O. The normalized spacial score (nSPS) is 10.3. The Morgan fingerprint density at radius 1 is 1.20 bits per heavy atom. The van der Waals surface area contributed by atoms with Gasteiger partial charge in [-0.25, -0.2) is 0 Å². The highest BCUT2D eigenvalue weighted by Crippen LogP contribution is 2.28. The molecule has 0 bridgehead atoms. The molecule has 0 aliphatic heterocycles. The summed E-state index contributed by atoms with van der Waals surface area (Å²) in [5.74, 6) is 0. The Morgan fingerprint density at radius 3 is 2.60 bits per heavy atom. The highest BCUT2D eigenvalue weighted by atomic mass is 16.6. The van der Waals surface area contributed by atoms with Crippen LogP contribution >= 0.6 is 0 Å². The van der Waals surface area contributed by atoms with Crippen LogP contribution in [0, 0.1) is 21.4 Å². The van der Waals surface area contributed by atoms with E-state index in [1.807, 2.05) is 0 Å². The van der Waals surface area contributed by atoms with Crippen LogP contribution in [0.4, 0.5) is 17.1 Å². The van der Waals surface area contributed by atoms with Crippen LogP contribution in [0.1, 0.15) is 5.56 Å². The lowest BCUT2D eigenvalue weighted by molar-refractivity contribution is -0.384. The first-order valence-corrected chi connectivity index (χ1v) is 5.40. The number of hydrogen-bond acceptors (Lipinski definition) is 6. The van der Waals surface area contributed by atoms with Crippen molar-refractivity contribution in [3.05, 3.63) is 62.6 Å². The van der Waals surface area contributed by atoms with Crippen LogP contribution in [-0.4, -0.2) is 9.91 Å². The molecule has 0 fully saturated rings. The third kappa shape index (κ3) is 2.56. The fourth-order valence-electron chi connectivity index (χ4n) is 1.47. The number of nitrogens with one attached hydrogen (secondary N) is 1. The summed E-state index contributed by atoms with van der Waals surface area (Å²) in [6.07, 6.45) is 1.32. The van der Waals surface area contributed by atoms with Gasteiger partial charge in [0.05, 0.1) is 4.92 Å².